The largest absolute Gasteiger partial charge is 0.504 e. The van der Waals surface area contributed by atoms with Gasteiger partial charge >= 0.3 is 0 Å². The van der Waals surface area contributed by atoms with Crippen molar-refractivity contribution in [3.05, 3.63) is 57.5 Å². The molecule has 0 aliphatic carbocycles. The van der Waals surface area contributed by atoms with Gasteiger partial charge in [0, 0.05) is 12.6 Å². The molecule has 1 heterocycles. The third-order valence-electron chi connectivity index (χ3n) is 3.57. The number of hydrogen-bond acceptors (Lipinski definition) is 3. The van der Waals surface area contributed by atoms with E-state index in [0.717, 1.165) is 21.0 Å². The molecule has 0 aliphatic rings. The highest BCUT2D eigenvalue weighted by molar-refractivity contribution is 6.31. The van der Waals surface area contributed by atoms with Crippen molar-refractivity contribution in [2.24, 2.45) is 7.05 Å². The van der Waals surface area contributed by atoms with Crippen LogP contribution in [0.4, 0.5) is 0 Å². The first-order valence-electron chi connectivity index (χ1n) is 7.45. The van der Waals surface area contributed by atoms with E-state index in [1.807, 2.05) is 57.2 Å². The van der Waals surface area contributed by atoms with Gasteiger partial charge in [0.25, 0.3) is 5.56 Å². The summed E-state index contributed by atoms with van der Waals surface area (Å²) in [5, 5.41) is 15.8. The van der Waals surface area contributed by atoms with Gasteiger partial charge in [-0.05, 0) is 23.3 Å². The Kier molecular flexibility index (Phi) is 5.06. The van der Waals surface area contributed by atoms with Crippen LogP contribution in [0.15, 0.2) is 41.2 Å². The van der Waals surface area contributed by atoms with E-state index in [-0.39, 0.29) is 22.0 Å². The van der Waals surface area contributed by atoms with Gasteiger partial charge in [0.1, 0.15) is 0 Å². The summed E-state index contributed by atoms with van der Waals surface area (Å²) in [6, 6.07) is 11.6. The fraction of sp³-hybridized carbons (Fsp3) is 0.222. The van der Waals surface area contributed by atoms with Crippen LogP contribution in [0.1, 0.15) is 19.4 Å². The van der Waals surface area contributed by atoms with Crippen LogP contribution in [0.25, 0.3) is 21.9 Å². The maximum Gasteiger partial charge on any atom is 0.278 e. The Morgan fingerprint density at radius 1 is 1.09 bits per heavy atom. The third kappa shape index (κ3) is 2.94. The van der Waals surface area contributed by atoms with Crippen molar-refractivity contribution >= 4 is 22.4 Å². The highest BCUT2D eigenvalue weighted by Gasteiger charge is 2.19. The van der Waals surface area contributed by atoms with Crippen LogP contribution >= 0.6 is 11.6 Å². The number of fused-ring (bicyclic) bond motifs is 1. The number of benzene rings is 2. The van der Waals surface area contributed by atoms with Crippen LogP contribution in [0.3, 0.4) is 0 Å². The number of aromatic nitrogens is 2. The lowest BCUT2D eigenvalue weighted by Gasteiger charge is -2.13. The molecule has 0 aliphatic heterocycles. The topological polar surface area (TPSA) is 55.1 Å². The fourth-order valence-corrected chi connectivity index (χ4v) is 2.74. The molecule has 0 radical (unpaired) electrons. The zero-order valence-corrected chi connectivity index (χ0v) is 14.3. The molecule has 1 N–H and O–H groups in total. The van der Waals surface area contributed by atoms with Crippen molar-refractivity contribution in [3.63, 3.8) is 0 Å². The van der Waals surface area contributed by atoms with Crippen molar-refractivity contribution in [2.75, 3.05) is 0 Å². The third-order valence-corrected chi connectivity index (χ3v) is 3.82. The van der Waals surface area contributed by atoms with Crippen LogP contribution in [-0.4, -0.2) is 14.9 Å². The quantitative estimate of drug-likeness (QED) is 0.724. The Balaban J connectivity index is 0.000000924. The lowest BCUT2D eigenvalue weighted by atomic mass is 9.94. The predicted molar refractivity (Wildman–Crippen MR) is 95.2 cm³/mol. The Morgan fingerprint density at radius 3 is 2.43 bits per heavy atom. The maximum absolute atomic E-state index is 12.4. The first kappa shape index (κ1) is 17.0. The van der Waals surface area contributed by atoms with Gasteiger partial charge in [-0.25, -0.2) is 4.68 Å². The maximum atomic E-state index is 12.4. The lowest BCUT2D eigenvalue weighted by molar-refractivity contribution is 0.467. The summed E-state index contributed by atoms with van der Waals surface area (Å²) in [5.74, 6) is -0.279. The zero-order valence-electron chi connectivity index (χ0n) is 13.6. The average molecular weight is 331 g/mol. The van der Waals surface area contributed by atoms with Crippen molar-refractivity contribution in [3.8, 4) is 16.9 Å². The van der Waals surface area contributed by atoms with Crippen LogP contribution < -0.4 is 5.56 Å². The molecule has 3 rings (SSSR count). The van der Waals surface area contributed by atoms with E-state index in [4.69, 9.17) is 11.6 Å². The van der Waals surface area contributed by atoms with Gasteiger partial charge in [0.15, 0.2) is 10.9 Å². The molecule has 3 aromatic rings. The second-order valence-corrected chi connectivity index (χ2v) is 5.28. The zero-order chi connectivity index (χ0) is 17.1. The van der Waals surface area contributed by atoms with E-state index in [9.17, 15) is 9.90 Å². The van der Waals surface area contributed by atoms with Gasteiger partial charge in [-0.3, -0.25) is 4.79 Å². The van der Waals surface area contributed by atoms with Crippen molar-refractivity contribution < 1.29 is 5.11 Å². The summed E-state index contributed by atoms with van der Waals surface area (Å²) >= 11 is 5.92. The van der Waals surface area contributed by atoms with Crippen LogP contribution in [0, 0.1) is 6.92 Å². The van der Waals surface area contributed by atoms with E-state index >= 15 is 0 Å². The molecule has 0 saturated heterocycles. The van der Waals surface area contributed by atoms with E-state index in [0.29, 0.717) is 5.56 Å². The number of nitrogens with zero attached hydrogens (tertiary/aromatic N) is 2. The molecule has 4 nitrogen and oxygen atoms in total. The number of aromatic hydroxyl groups is 1. The van der Waals surface area contributed by atoms with Gasteiger partial charge in [0.2, 0.25) is 0 Å². The first-order valence-corrected chi connectivity index (χ1v) is 7.83. The van der Waals surface area contributed by atoms with Crippen LogP contribution in [0.5, 0.6) is 5.75 Å². The SMILES string of the molecule is CC.Cc1ccc2ccccc2c1-c1c(O)c(Cl)nn(C)c1=O. The lowest BCUT2D eigenvalue weighted by Crippen LogP contribution is -2.21. The second kappa shape index (κ2) is 6.84. The van der Waals surface area contributed by atoms with Gasteiger partial charge < -0.3 is 5.11 Å². The van der Waals surface area contributed by atoms with Crippen LogP contribution in [-0.2, 0) is 7.05 Å². The summed E-state index contributed by atoms with van der Waals surface area (Å²) in [6.45, 7) is 5.90. The number of rotatable bonds is 1. The minimum atomic E-state index is -0.378. The number of aryl methyl sites for hydroxylation is 2. The average Bonchev–Trinajstić information content (AvgIpc) is 2.57. The molecule has 5 heteroatoms. The standard InChI is InChI=1S/C16H13ClN2O2.C2H6/c1-9-7-8-10-5-3-4-6-11(10)12(9)13-14(20)15(17)18-19(2)16(13)21;1-2/h3-8,20H,1-2H3;1-2H3. The Bertz CT molecular complexity index is 917. The molecular weight excluding hydrogens is 312 g/mol. The highest BCUT2D eigenvalue weighted by atomic mass is 35.5. The molecule has 0 saturated carbocycles. The minimum absolute atomic E-state index is 0.0839. The first-order chi connectivity index (χ1) is 11.0. The summed E-state index contributed by atoms with van der Waals surface area (Å²) in [4.78, 5) is 12.4. The van der Waals surface area contributed by atoms with Crippen LogP contribution in [0.2, 0.25) is 5.15 Å². The Hall–Kier alpha value is -2.33. The smallest absolute Gasteiger partial charge is 0.278 e. The highest BCUT2D eigenvalue weighted by Crippen LogP contribution is 2.36. The molecule has 0 atom stereocenters. The van der Waals surface area contributed by atoms with Gasteiger partial charge in [0.05, 0.1) is 5.56 Å². The fourth-order valence-electron chi connectivity index (χ4n) is 2.53. The molecule has 0 amide bonds. The number of hydrogen-bond donors (Lipinski definition) is 1. The second-order valence-electron chi connectivity index (χ2n) is 4.92. The molecule has 23 heavy (non-hydrogen) atoms. The summed E-state index contributed by atoms with van der Waals surface area (Å²) in [6.07, 6.45) is 0. The van der Waals surface area contributed by atoms with Crippen molar-refractivity contribution in [2.45, 2.75) is 20.8 Å². The molecule has 0 bridgehead atoms. The van der Waals surface area contributed by atoms with Gasteiger partial charge in [-0.2, -0.15) is 5.10 Å². The summed E-state index contributed by atoms with van der Waals surface area (Å²) in [7, 11) is 1.51. The molecule has 0 unspecified atom stereocenters. The molecule has 2 aromatic carbocycles. The van der Waals surface area contributed by atoms with E-state index in [1.165, 1.54) is 7.05 Å². The molecule has 0 spiro atoms. The van der Waals surface area contributed by atoms with E-state index < -0.39 is 0 Å². The van der Waals surface area contributed by atoms with Crippen molar-refractivity contribution in [1.29, 1.82) is 0 Å². The van der Waals surface area contributed by atoms with Gasteiger partial charge in [-0.1, -0.05) is 61.8 Å². The molecule has 0 fully saturated rings. The minimum Gasteiger partial charge on any atom is -0.504 e. The molecular formula is C18H19ClN2O2. The Morgan fingerprint density at radius 2 is 1.74 bits per heavy atom. The Labute approximate surface area is 140 Å². The number of halogens is 1. The summed E-state index contributed by atoms with van der Waals surface area (Å²) < 4.78 is 1.14. The molecule has 1 aromatic heterocycles. The van der Waals surface area contributed by atoms with Gasteiger partial charge in [-0.15, -0.1) is 0 Å². The van der Waals surface area contributed by atoms with E-state index in [1.54, 1.807) is 0 Å². The summed E-state index contributed by atoms with van der Waals surface area (Å²) in [5.41, 5.74) is 1.39. The predicted octanol–water partition coefficient (Wildman–Crippen LogP) is 4.29. The monoisotopic (exact) mass is 330 g/mol. The molecule has 120 valence electrons. The van der Waals surface area contributed by atoms with Crippen molar-refractivity contribution in [1.82, 2.24) is 9.78 Å². The van der Waals surface area contributed by atoms with E-state index in [2.05, 4.69) is 5.10 Å². The normalized spacial score (nSPS) is 10.3.